The second kappa shape index (κ2) is 16.7. The number of hydrogen-bond acceptors (Lipinski definition) is 5. The van der Waals surface area contributed by atoms with Gasteiger partial charge in [-0.2, -0.15) is 0 Å². The lowest BCUT2D eigenvalue weighted by atomic mass is 10.0. The van der Waals surface area contributed by atoms with Crippen LogP contribution in [0.1, 0.15) is 16.7 Å². The second-order valence-electron chi connectivity index (χ2n) is 13.9. The van der Waals surface area contributed by atoms with Gasteiger partial charge in [0.1, 0.15) is 34.9 Å². The van der Waals surface area contributed by atoms with Gasteiger partial charge in [0.15, 0.2) is 23.3 Å². The van der Waals surface area contributed by atoms with E-state index in [0.717, 1.165) is 5.52 Å². The van der Waals surface area contributed by atoms with E-state index in [0.29, 0.717) is 56.0 Å². The Hall–Kier alpha value is -7.99. The first-order valence-electron chi connectivity index (χ1n) is 19.0. The zero-order valence-corrected chi connectivity index (χ0v) is 31.9. The number of benzene rings is 7. The summed E-state index contributed by atoms with van der Waals surface area (Å²) in [5, 5.41) is 0. The lowest BCUT2D eigenvalue weighted by molar-refractivity contribution is 0.627. The van der Waals surface area contributed by atoms with E-state index in [9.17, 15) is 22.0 Å². The molecule has 12 heteroatoms. The van der Waals surface area contributed by atoms with Crippen molar-refractivity contribution in [2.24, 2.45) is 9.98 Å². The van der Waals surface area contributed by atoms with E-state index in [1.807, 2.05) is 47.0 Å². The van der Waals surface area contributed by atoms with Crippen LogP contribution < -0.4 is 0 Å². The van der Waals surface area contributed by atoms with Gasteiger partial charge in [-0.25, -0.2) is 46.9 Å². The van der Waals surface area contributed by atoms with Crippen LogP contribution in [0.15, 0.2) is 174 Å². The number of amidine groups is 1. The molecule has 0 saturated heterocycles. The van der Waals surface area contributed by atoms with Crippen molar-refractivity contribution in [1.82, 2.24) is 24.5 Å². The molecule has 0 N–H and O–H groups in total. The number of halogens is 5. The predicted octanol–water partition coefficient (Wildman–Crippen LogP) is 11.6. The van der Waals surface area contributed by atoms with Crippen molar-refractivity contribution in [3.05, 3.63) is 210 Å². The zero-order chi connectivity index (χ0) is 41.9. The van der Waals surface area contributed by atoms with E-state index in [-0.39, 0.29) is 41.5 Å². The summed E-state index contributed by atoms with van der Waals surface area (Å²) in [6.07, 6.45) is 1.55. The molecule has 0 fully saturated rings. The van der Waals surface area contributed by atoms with Crippen molar-refractivity contribution in [2.75, 3.05) is 0 Å². The molecule has 7 aromatic carbocycles. The molecule has 0 aliphatic carbocycles. The number of nitrogens with zero attached hydrogens (tertiary/aromatic N) is 7. The SMILES string of the molecule is Fc1ccc(/C=N/C(=N\Cc2cc(-c3nc(-c4ccc(F)cc4)nc(-c4ccc(F)cc4)n3)cc(-c3nc4ccccc4n3-c3ccc(F)cc3)c2)c2ccc(F)cc2)cc1. The van der Waals surface area contributed by atoms with Gasteiger partial charge in [-0.1, -0.05) is 24.3 Å². The number of aromatic nitrogens is 5. The van der Waals surface area contributed by atoms with Gasteiger partial charge >= 0.3 is 0 Å². The summed E-state index contributed by atoms with van der Waals surface area (Å²) in [7, 11) is 0. The van der Waals surface area contributed by atoms with Crippen LogP contribution in [-0.2, 0) is 6.54 Å². The van der Waals surface area contributed by atoms with Crippen molar-refractivity contribution < 1.29 is 22.0 Å². The minimum absolute atomic E-state index is 0.0613. The van der Waals surface area contributed by atoms with Crippen LogP contribution in [0.3, 0.4) is 0 Å². The third-order valence-corrected chi connectivity index (χ3v) is 9.71. The highest BCUT2D eigenvalue weighted by Gasteiger charge is 2.19. The van der Waals surface area contributed by atoms with Crippen LogP contribution in [0.4, 0.5) is 22.0 Å². The summed E-state index contributed by atoms with van der Waals surface area (Å²) in [6.45, 7) is 0.0613. The molecule has 9 rings (SSSR count). The maximum atomic E-state index is 14.2. The Morgan fingerprint density at radius 2 is 0.984 bits per heavy atom. The Labute approximate surface area is 346 Å². The molecule has 0 spiro atoms. The summed E-state index contributed by atoms with van der Waals surface area (Å²) in [6, 6.07) is 42.4. The summed E-state index contributed by atoms with van der Waals surface area (Å²) in [4.78, 5) is 29.0. The van der Waals surface area contributed by atoms with Gasteiger partial charge in [-0.15, -0.1) is 0 Å². The van der Waals surface area contributed by atoms with Gasteiger partial charge in [0.2, 0.25) is 0 Å². The number of fused-ring (bicyclic) bond motifs is 1. The minimum Gasteiger partial charge on any atom is -0.292 e. The van der Waals surface area contributed by atoms with Gasteiger partial charge in [0.25, 0.3) is 0 Å². The standard InChI is InChI=1S/C49H30F5N7/c50-37-13-5-30(6-14-37)28-55-45(32-7-15-38(51)16-8-32)56-29-31-25-35(27-36(26-31)49-57-43-3-1-2-4-44(43)61(49)42-23-21-41(54)22-24-42)48-59-46(33-9-17-39(52)18-10-33)58-47(60-48)34-11-19-40(53)20-12-34/h1-28H,29H2/b55-28+,56-45-. The molecule has 2 aromatic heterocycles. The molecule has 296 valence electrons. The Morgan fingerprint density at radius 3 is 1.57 bits per heavy atom. The van der Waals surface area contributed by atoms with E-state index in [1.165, 1.54) is 60.7 Å². The fourth-order valence-electron chi connectivity index (χ4n) is 6.73. The molecule has 61 heavy (non-hydrogen) atoms. The highest BCUT2D eigenvalue weighted by atomic mass is 19.1. The summed E-state index contributed by atoms with van der Waals surface area (Å²) in [5.41, 5.74) is 6.20. The molecule has 0 aliphatic heterocycles. The summed E-state index contributed by atoms with van der Waals surface area (Å²) < 4.78 is 72.1. The first-order chi connectivity index (χ1) is 29.7. The zero-order valence-electron chi connectivity index (χ0n) is 31.9. The average molecular weight is 812 g/mol. The van der Waals surface area contributed by atoms with Gasteiger partial charge in [0.05, 0.1) is 17.6 Å². The van der Waals surface area contributed by atoms with E-state index >= 15 is 0 Å². The lowest BCUT2D eigenvalue weighted by Gasteiger charge is -2.13. The van der Waals surface area contributed by atoms with Crippen LogP contribution >= 0.6 is 0 Å². The fraction of sp³-hybridized carbons (Fsp3) is 0.0204. The molecule has 0 atom stereocenters. The van der Waals surface area contributed by atoms with Gasteiger partial charge in [0, 0.05) is 39.7 Å². The van der Waals surface area contributed by atoms with Crippen molar-refractivity contribution in [2.45, 2.75) is 6.54 Å². The number of rotatable bonds is 9. The maximum Gasteiger partial charge on any atom is 0.164 e. The average Bonchev–Trinajstić information content (AvgIpc) is 3.68. The monoisotopic (exact) mass is 811 g/mol. The Kier molecular flexibility index (Phi) is 10.5. The lowest BCUT2D eigenvalue weighted by Crippen LogP contribution is -2.03. The smallest absolute Gasteiger partial charge is 0.164 e. The van der Waals surface area contributed by atoms with E-state index < -0.39 is 17.5 Å². The first-order valence-corrected chi connectivity index (χ1v) is 19.0. The van der Waals surface area contributed by atoms with Gasteiger partial charge in [-0.3, -0.25) is 9.56 Å². The van der Waals surface area contributed by atoms with Crippen LogP contribution in [0.25, 0.3) is 62.3 Å². The molecule has 0 bridgehead atoms. The molecule has 0 amide bonds. The van der Waals surface area contributed by atoms with E-state index in [1.54, 1.807) is 66.9 Å². The molecule has 0 unspecified atom stereocenters. The van der Waals surface area contributed by atoms with Crippen LogP contribution in [-0.4, -0.2) is 36.6 Å². The van der Waals surface area contributed by atoms with Crippen molar-refractivity contribution in [1.29, 1.82) is 0 Å². The molecule has 0 radical (unpaired) electrons. The first kappa shape index (κ1) is 38.5. The van der Waals surface area contributed by atoms with E-state index in [2.05, 4.69) is 4.99 Å². The highest BCUT2D eigenvalue weighted by Crippen LogP contribution is 2.34. The van der Waals surface area contributed by atoms with Gasteiger partial charge < -0.3 is 0 Å². The molecule has 7 nitrogen and oxygen atoms in total. The van der Waals surface area contributed by atoms with E-state index in [4.69, 9.17) is 24.9 Å². The summed E-state index contributed by atoms with van der Waals surface area (Å²) in [5.74, 6) is -0.500. The number of aliphatic imine (C=N–C) groups is 2. The van der Waals surface area contributed by atoms with Crippen LogP contribution in [0.2, 0.25) is 0 Å². The molecular weight excluding hydrogens is 782 g/mol. The molecule has 0 saturated carbocycles. The molecule has 2 heterocycles. The quantitative estimate of drug-likeness (QED) is 0.0826. The third kappa shape index (κ3) is 8.60. The minimum atomic E-state index is -0.430. The molecule has 9 aromatic rings. The normalized spacial score (nSPS) is 11.8. The maximum absolute atomic E-state index is 14.2. The third-order valence-electron chi connectivity index (χ3n) is 9.71. The number of imidazole rings is 1. The Morgan fingerprint density at radius 1 is 0.492 bits per heavy atom. The summed E-state index contributed by atoms with van der Waals surface area (Å²) >= 11 is 0. The van der Waals surface area contributed by atoms with Crippen LogP contribution in [0.5, 0.6) is 0 Å². The van der Waals surface area contributed by atoms with Crippen LogP contribution in [0, 0.1) is 29.1 Å². The highest BCUT2D eigenvalue weighted by molar-refractivity contribution is 6.05. The number of hydrogen-bond donors (Lipinski definition) is 0. The van der Waals surface area contributed by atoms with Crippen molar-refractivity contribution in [3.8, 4) is 51.2 Å². The topological polar surface area (TPSA) is 81.2 Å². The van der Waals surface area contributed by atoms with Crippen molar-refractivity contribution in [3.63, 3.8) is 0 Å². The Balaban J connectivity index is 1.24. The fourth-order valence-corrected chi connectivity index (χ4v) is 6.73. The van der Waals surface area contributed by atoms with Gasteiger partial charge in [-0.05, 0) is 151 Å². The molecular formula is C49H30F5N7. The van der Waals surface area contributed by atoms with Crippen molar-refractivity contribution >= 4 is 23.1 Å². The second-order valence-corrected chi connectivity index (χ2v) is 13.9. The molecule has 0 aliphatic rings. The largest absolute Gasteiger partial charge is 0.292 e. The number of para-hydroxylation sites is 2. The predicted molar refractivity (Wildman–Crippen MR) is 227 cm³/mol. The Bertz CT molecular complexity index is 3010.